The topological polar surface area (TPSA) is 62.0 Å². The first-order chi connectivity index (χ1) is 10.1. The lowest BCUT2D eigenvalue weighted by Gasteiger charge is -2.13. The number of aromatic nitrogens is 1. The summed E-state index contributed by atoms with van der Waals surface area (Å²) in [4.78, 5) is 26.4. The van der Waals surface area contributed by atoms with E-state index in [0.29, 0.717) is 0 Å². The molecule has 0 bridgehead atoms. The summed E-state index contributed by atoms with van der Waals surface area (Å²) in [6, 6.07) is 13.4. The van der Waals surface area contributed by atoms with Gasteiger partial charge in [0, 0.05) is 11.7 Å². The second-order valence-corrected chi connectivity index (χ2v) is 5.28. The molecule has 1 aromatic carbocycles. The van der Waals surface area contributed by atoms with E-state index in [1.165, 1.54) is 5.56 Å². The number of aromatic amines is 1. The number of carbonyl (C=O) groups excluding carboxylic acids is 1. The Morgan fingerprint density at radius 1 is 1.19 bits per heavy atom. The summed E-state index contributed by atoms with van der Waals surface area (Å²) in [7, 11) is 0. The Morgan fingerprint density at radius 3 is 2.57 bits per heavy atom. The molecule has 2 N–H and O–H groups in total. The molecule has 0 aliphatic heterocycles. The zero-order chi connectivity index (χ0) is 15.2. The summed E-state index contributed by atoms with van der Waals surface area (Å²) in [5.41, 5.74) is 1.80. The zero-order valence-corrected chi connectivity index (χ0v) is 12.3. The average Bonchev–Trinajstić information content (AvgIpc) is 2.46. The summed E-state index contributed by atoms with van der Waals surface area (Å²) in [5.74, 6) is -0.322. The maximum atomic E-state index is 12.1. The first-order valence-electron chi connectivity index (χ1n) is 7.11. The van der Waals surface area contributed by atoms with Crippen LogP contribution in [-0.4, -0.2) is 16.9 Å². The van der Waals surface area contributed by atoms with Crippen molar-refractivity contribution in [2.24, 2.45) is 0 Å². The fourth-order valence-electron chi connectivity index (χ4n) is 2.15. The Hall–Kier alpha value is -2.36. The summed E-state index contributed by atoms with van der Waals surface area (Å²) < 4.78 is 0. The Morgan fingerprint density at radius 2 is 1.90 bits per heavy atom. The van der Waals surface area contributed by atoms with Gasteiger partial charge in [0.1, 0.15) is 5.56 Å². The van der Waals surface area contributed by atoms with E-state index in [2.05, 4.69) is 22.4 Å². The number of amides is 1. The van der Waals surface area contributed by atoms with Crippen LogP contribution < -0.4 is 10.9 Å². The maximum absolute atomic E-state index is 12.1. The van der Waals surface area contributed by atoms with Crippen LogP contribution in [0, 0.1) is 6.92 Å². The summed E-state index contributed by atoms with van der Waals surface area (Å²) in [6.07, 6.45) is 1.73. The highest BCUT2D eigenvalue weighted by Crippen LogP contribution is 2.05. The first kappa shape index (κ1) is 15.0. The largest absolute Gasteiger partial charge is 0.349 e. The van der Waals surface area contributed by atoms with Gasteiger partial charge in [-0.05, 0) is 44.4 Å². The van der Waals surface area contributed by atoms with Gasteiger partial charge in [-0.2, -0.15) is 0 Å². The molecule has 0 saturated heterocycles. The molecule has 1 amide bonds. The zero-order valence-electron chi connectivity index (χ0n) is 12.3. The molecule has 1 aromatic heterocycles. The SMILES string of the molecule is Cc1ccc(C(=O)N[C@H](C)CCc2ccccc2)c(=O)[nH]1. The van der Waals surface area contributed by atoms with Crippen LogP contribution in [0.4, 0.5) is 0 Å². The van der Waals surface area contributed by atoms with Crippen LogP contribution in [0.5, 0.6) is 0 Å². The van der Waals surface area contributed by atoms with Gasteiger partial charge in [0.25, 0.3) is 11.5 Å². The third-order valence-electron chi connectivity index (χ3n) is 3.39. The van der Waals surface area contributed by atoms with Crippen LogP contribution in [-0.2, 0) is 6.42 Å². The van der Waals surface area contributed by atoms with Crippen LogP contribution in [0.2, 0.25) is 0 Å². The van der Waals surface area contributed by atoms with Gasteiger partial charge < -0.3 is 10.3 Å². The third-order valence-corrected chi connectivity index (χ3v) is 3.39. The molecular formula is C17H20N2O2. The molecule has 2 aromatic rings. The smallest absolute Gasteiger partial charge is 0.260 e. The van der Waals surface area contributed by atoms with Crippen molar-refractivity contribution < 1.29 is 4.79 Å². The molecule has 0 unspecified atom stereocenters. The number of pyridine rings is 1. The van der Waals surface area contributed by atoms with Crippen LogP contribution in [0.1, 0.15) is 35.0 Å². The quantitative estimate of drug-likeness (QED) is 0.886. The van der Waals surface area contributed by atoms with E-state index in [0.717, 1.165) is 18.5 Å². The standard InChI is InChI=1S/C17H20N2O2/c1-12(8-10-14-6-4-3-5-7-14)18-16(20)15-11-9-13(2)19-17(15)21/h3-7,9,11-12H,8,10H2,1-2H3,(H,18,20)(H,19,21)/t12-/m1/s1. The highest BCUT2D eigenvalue weighted by atomic mass is 16.2. The molecule has 0 aliphatic carbocycles. The Labute approximate surface area is 124 Å². The highest BCUT2D eigenvalue weighted by Gasteiger charge is 2.13. The van der Waals surface area contributed by atoms with Crippen molar-refractivity contribution in [1.82, 2.24) is 10.3 Å². The third kappa shape index (κ3) is 4.31. The Bertz CT molecular complexity index is 662. The van der Waals surface area contributed by atoms with Crippen molar-refractivity contribution in [2.45, 2.75) is 32.7 Å². The number of rotatable bonds is 5. The van der Waals surface area contributed by atoms with Crippen molar-refractivity contribution in [3.05, 3.63) is 69.6 Å². The fraction of sp³-hybridized carbons (Fsp3) is 0.294. The molecule has 21 heavy (non-hydrogen) atoms. The van der Waals surface area contributed by atoms with Crippen molar-refractivity contribution in [3.63, 3.8) is 0 Å². The fourth-order valence-corrected chi connectivity index (χ4v) is 2.15. The van der Waals surface area contributed by atoms with E-state index >= 15 is 0 Å². The highest BCUT2D eigenvalue weighted by molar-refractivity contribution is 5.93. The lowest BCUT2D eigenvalue weighted by atomic mass is 10.1. The number of hydrogen-bond donors (Lipinski definition) is 2. The number of carbonyl (C=O) groups is 1. The van der Waals surface area contributed by atoms with Gasteiger partial charge in [0.15, 0.2) is 0 Å². The van der Waals surface area contributed by atoms with Crippen LogP contribution in [0.3, 0.4) is 0 Å². The predicted molar refractivity (Wildman–Crippen MR) is 83.5 cm³/mol. The number of hydrogen-bond acceptors (Lipinski definition) is 2. The summed E-state index contributed by atoms with van der Waals surface area (Å²) in [5, 5.41) is 2.87. The minimum atomic E-state index is -0.345. The Balaban J connectivity index is 1.91. The Kier molecular flexibility index (Phi) is 4.93. The van der Waals surface area contributed by atoms with E-state index < -0.39 is 0 Å². The van der Waals surface area contributed by atoms with Gasteiger partial charge in [-0.1, -0.05) is 30.3 Å². The molecule has 0 spiro atoms. The normalized spacial score (nSPS) is 11.9. The predicted octanol–water partition coefficient (Wildman–Crippen LogP) is 2.43. The molecule has 1 heterocycles. The van der Waals surface area contributed by atoms with Crippen LogP contribution >= 0.6 is 0 Å². The van der Waals surface area contributed by atoms with Crippen molar-refractivity contribution in [1.29, 1.82) is 0 Å². The average molecular weight is 284 g/mol. The van der Waals surface area contributed by atoms with Gasteiger partial charge >= 0.3 is 0 Å². The molecule has 0 saturated carbocycles. The van der Waals surface area contributed by atoms with Gasteiger partial charge in [0.2, 0.25) is 0 Å². The molecule has 110 valence electrons. The lowest BCUT2D eigenvalue weighted by Crippen LogP contribution is -2.36. The van der Waals surface area contributed by atoms with Crippen LogP contribution in [0.25, 0.3) is 0 Å². The molecule has 0 aliphatic rings. The summed E-state index contributed by atoms with van der Waals surface area (Å²) >= 11 is 0. The van der Waals surface area contributed by atoms with E-state index in [9.17, 15) is 9.59 Å². The second-order valence-electron chi connectivity index (χ2n) is 5.28. The van der Waals surface area contributed by atoms with Crippen LogP contribution in [0.15, 0.2) is 47.3 Å². The molecular weight excluding hydrogens is 264 g/mol. The number of aryl methyl sites for hydroxylation is 2. The number of benzene rings is 1. The number of nitrogens with one attached hydrogen (secondary N) is 2. The minimum absolute atomic E-state index is 0.0124. The van der Waals surface area contributed by atoms with Gasteiger partial charge in [0.05, 0.1) is 0 Å². The van der Waals surface area contributed by atoms with Crippen molar-refractivity contribution in [2.75, 3.05) is 0 Å². The molecule has 0 radical (unpaired) electrons. The van der Waals surface area contributed by atoms with E-state index in [1.54, 1.807) is 19.1 Å². The molecule has 4 heteroatoms. The van der Waals surface area contributed by atoms with Crippen molar-refractivity contribution >= 4 is 5.91 Å². The molecule has 1 atom stereocenters. The second kappa shape index (κ2) is 6.88. The molecule has 2 rings (SSSR count). The molecule has 0 fully saturated rings. The minimum Gasteiger partial charge on any atom is -0.349 e. The maximum Gasteiger partial charge on any atom is 0.260 e. The van der Waals surface area contributed by atoms with E-state index in [4.69, 9.17) is 0 Å². The van der Waals surface area contributed by atoms with Gasteiger partial charge in [-0.25, -0.2) is 0 Å². The first-order valence-corrected chi connectivity index (χ1v) is 7.11. The van der Waals surface area contributed by atoms with Gasteiger partial charge in [-0.3, -0.25) is 9.59 Å². The van der Waals surface area contributed by atoms with Gasteiger partial charge in [-0.15, -0.1) is 0 Å². The molecule has 4 nitrogen and oxygen atoms in total. The lowest BCUT2D eigenvalue weighted by molar-refractivity contribution is 0.0937. The van der Waals surface area contributed by atoms with E-state index in [-0.39, 0.29) is 23.1 Å². The van der Waals surface area contributed by atoms with Crippen molar-refractivity contribution in [3.8, 4) is 0 Å². The van der Waals surface area contributed by atoms with E-state index in [1.807, 2.05) is 25.1 Å². The monoisotopic (exact) mass is 284 g/mol. The summed E-state index contributed by atoms with van der Waals surface area (Å²) in [6.45, 7) is 3.73. The number of H-pyrrole nitrogens is 1.